The third-order valence-corrected chi connectivity index (χ3v) is 5.45. The topological polar surface area (TPSA) is 65.2 Å². The second kappa shape index (κ2) is 7.77. The zero-order chi connectivity index (χ0) is 21.5. The standard InChI is InChI=1S/C21H17ClF3N3O2/c22-16-6-5-13(9-15(16)21(23,24)25)28-19(29)10-18(20(28)30)26-8-7-12-11-27-17-4-2-1-3-14(12)17/h1-6,9,11,18,26-27H,7-8,10H2/t18-/m0/s1. The van der Waals surface area contributed by atoms with Gasteiger partial charge in [0.1, 0.15) is 0 Å². The molecule has 3 aromatic rings. The average Bonchev–Trinajstić information content (AvgIpc) is 3.23. The van der Waals surface area contributed by atoms with Crippen molar-refractivity contribution in [3.8, 4) is 0 Å². The van der Waals surface area contributed by atoms with Crippen molar-refractivity contribution in [3.05, 3.63) is 64.8 Å². The van der Waals surface area contributed by atoms with E-state index in [1.807, 2.05) is 30.5 Å². The van der Waals surface area contributed by atoms with E-state index >= 15 is 0 Å². The van der Waals surface area contributed by atoms with E-state index in [1.165, 1.54) is 6.07 Å². The number of benzene rings is 2. The molecule has 0 bridgehead atoms. The number of imide groups is 1. The van der Waals surface area contributed by atoms with Gasteiger partial charge in [-0.05, 0) is 36.2 Å². The summed E-state index contributed by atoms with van der Waals surface area (Å²) in [5, 5.41) is 3.64. The predicted molar refractivity (Wildman–Crippen MR) is 107 cm³/mol. The van der Waals surface area contributed by atoms with E-state index in [9.17, 15) is 22.8 Å². The fourth-order valence-electron chi connectivity index (χ4n) is 3.65. The van der Waals surface area contributed by atoms with Crippen molar-refractivity contribution in [1.29, 1.82) is 0 Å². The monoisotopic (exact) mass is 435 g/mol. The van der Waals surface area contributed by atoms with Crippen molar-refractivity contribution in [2.75, 3.05) is 11.4 Å². The molecular formula is C21H17ClF3N3O2. The number of fused-ring (bicyclic) bond motifs is 1. The molecule has 5 nitrogen and oxygen atoms in total. The number of alkyl halides is 3. The van der Waals surface area contributed by atoms with Gasteiger partial charge in [-0.3, -0.25) is 9.59 Å². The van der Waals surface area contributed by atoms with Crippen LogP contribution in [-0.4, -0.2) is 29.4 Å². The van der Waals surface area contributed by atoms with Gasteiger partial charge >= 0.3 is 6.18 Å². The Morgan fingerprint density at radius 1 is 1.17 bits per heavy atom. The Bertz CT molecular complexity index is 1130. The summed E-state index contributed by atoms with van der Waals surface area (Å²) >= 11 is 5.62. The highest BCUT2D eigenvalue weighted by atomic mass is 35.5. The largest absolute Gasteiger partial charge is 0.417 e. The Morgan fingerprint density at radius 3 is 2.70 bits per heavy atom. The SMILES string of the molecule is O=C1C[C@H](NCCc2c[nH]c3ccccc23)C(=O)N1c1ccc(Cl)c(C(F)(F)F)c1. The van der Waals surface area contributed by atoms with Crippen LogP contribution in [0.15, 0.2) is 48.7 Å². The van der Waals surface area contributed by atoms with Crippen molar-refractivity contribution in [2.45, 2.75) is 25.1 Å². The van der Waals surface area contributed by atoms with Crippen LogP contribution in [0.1, 0.15) is 17.5 Å². The van der Waals surface area contributed by atoms with Gasteiger partial charge in [0.15, 0.2) is 0 Å². The van der Waals surface area contributed by atoms with Crippen LogP contribution in [0.2, 0.25) is 5.02 Å². The van der Waals surface area contributed by atoms with Gasteiger partial charge in [0.05, 0.1) is 28.7 Å². The molecule has 0 saturated carbocycles. The van der Waals surface area contributed by atoms with Gasteiger partial charge in [-0.2, -0.15) is 13.2 Å². The van der Waals surface area contributed by atoms with Crippen LogP contribution in [0.3, 0.4) is 0 Å². The van der Waals surface area contributed by atoms with Crippen molar-refractivity contribution in [1.82, 2.24) is 10.3 Å². The van der Waals surface area contributed by atoms with E-state index in [4.69, 9.17) is 11.6 Å². The predicted octanol–water partition coefficient (Wildman–Crippen LogP) is 4.30. The normalized spacial score (nSPS) is 17.3. The number of hydrogen-bond donors (Lipinski definition) is 2. The summed E-state index contributed by atoms with van der Waals surface area (Å²) in [7, 11) is 0. The van der Waals surface area contributed by atoms with Gasteiger partial charge in [-0.1, -0.05) is 29.8 Å². The highest BCUT2D eigenvalue weighted by molar-refractivity contribution is 6.31. The molecule has 1 fully saturated rings. The second-order valence-electron chi connectivity index (χ2n) is 7.05. The Balaban J connectivity index is 1.45. The highest BCUT2D eigenvalue weighted by Gasteiger charge is 2.41. The molecule has 0 aliphatic carbocycles. The summed E-state index contributed by atoms with van der Waals surface area (Å²) in [5.41, 5.74) is 0.855. The van der Waals surface area contributed by atoms with Crippen LogP contribution in [-0.2, 0) is 22.2 Å². The van der Waals surface area contributed by atoms with Crippen molar-refractivity contribution in [3.63, 3.8) is 0 Å². The molecule has 1 aliphatic heterocycles. The summed E-state index contributed by atoms with van der Waals surface area (Å²) in [4.78, 5) is 29.0. The Labute approximate surface area is 174 Å². The molecule has 2 amide bonds. The Hall–Kier alpha value is -2.84. The molecule has 2 N–H and O–H groups in total. The van der Waals surface area contributed by atoms with Crippen LogP contribution in [0.4, 0.5) is 18.9 Å². The summed E-state index contributed by atoms with van der Waals surface area (Å²) in [6, 6.07) is 10.0. The molecule has 1 saturated heterocycles. The summed E-state index contributed by atoms with van der Waals surface area (Å²) in [6.45, 7) is 0.438. The van der Waals surface area contributed by atoms with Crippen LogP contribution in [0.25, 0.3) is 10.9 Å². The minimum atomic E-state index is -4.68. The number of carbonyl (C=O) groups excluding carboxylic acids is 2. The molecule has 4 rings (SSSR count). The number of hydrogen-bond acceptors (Lipinski definition) is 3. The van der Waals surface area contributed by atoms with E-state index in [-0.39, 0.29) is 12.1 Å². The molecule has 0 unspecified atom stereocenters. The number of nitrogens with zero attached hydrogens (tertiary/aromatic N) is 1. The quantitative estimate of drug-likeness (QED) is 0.587. The number of rotatable bonds is 5. The molecule has 156 valence electrons. The van der Waals surface area contributed by atoms with Crippen LogP contribution >= 0.6 is 11.6 Å². The lowest BCUT2D eigenvalue weighted by molar-refractivity contribution is -0.137. The molecule has 2 heterocycles. The maximum Gasteiger partial charge on any atom is 0.417 e. The maximum atomic E-state index is 13.1. The smallest absolute Gasteiger partial charge is 0.361 e. The Kier molecular flexibility index (Phi) is 5.29. The molecule has 9 heteroatoms. The minimum absolute atomic E-state index is 0.114. The Morgan fingerprint density at radius 2 is 1.93 bits per heavy atom. The van der Waals surface area contributed by atoms with Gasteiger partial charge in [-0.25, -0.2) is 4.90 Å². The van der Waals surface area contributed by atoms with E-state index in [2.05, 4.69) is 10.3 Å². The molecule has 1 atom stereocenters. The first-order chi connectivity index (χ1) is 14.3. The number of para-hydroxylation sites is 1. The molecule has 1 aromatic heterocycles. The zero-order valence-corrected chi connectivity index (χ0v) is 16.3. The van der Waals surface area contributed by atoms with E-state index in [1.54, 1.807) is 0 Å². The van der Waals surface area contributed by atoms with Crippen molar-refractivity contribution in [2.24, 2.45) is 0 Å². The third kappa shape index (κ3) is 3.80. The molecule has 2 aromatic carbocycles. The van der Waals surface area contributed by atoms with E-state index in [0.717, 1.165) is 33.5 Å². The number of nitrogens with one attached hydrogen (secondary N) is 2. The molecule has 1 aliphatic rings. The fraction of sp³-hybridized carbons (Fsp3) is 0.238. The number of halogens is 4. The first-order valence-electron chi connectivity index (χ1n) is 9.27. The lowest BCUT2D eigenvalue weighted by Gasteiger charge is -2.18. The first-order valence-corrected chi connectivity index (χ1v) is 9.65. The van der Waals surface area contributed by atoms with E-state index in [0.29, 0.717) is 13.0 Å². The van der Waals surface area contributed by atoms with Crippen molar-refractivity contribution < 1.29 is 22.8 Å². The van der Waals surface area contributed by atoms with Gasteiger partial charge in [-0.15, -0.1) is 0 Å². The van der Waals surface area contributed by atoms with Crippen molar-refractivity contribution >= 4 is 40.0 Å². The first kappa shape index (κ1) is 20.4. The number of amides is 2. The lowest BCUT2D eigenvalue weighted by Crippen LogP contribution is -2.39. The summed E-state index contributed by atoms with van der Waals surface area (Å²) < 4.78 is 39.3. The number of carbonyl (C=O) groups is 2. The number of anilines is 1. The number of aromatic amines is 1. The maximum absolute atomic E-state index is 13.1. The van der Waals surface area contributed by atoms with Gasteiger partial charge in [0.25, 0.3) is 5.91 Å². The van der Waals surface area contributed by atoms with E-state index < -0.39 is 34.6 Å². The molecular weight excluding hydrogens is 419 g/mol. The third-order valence-electron chi connectivity index (χ3n) is 5.12. The average molecular weight is 436 g/mol. The molecule has 0 radical (unpaired) electrons. The van der Waals surface area contributed by atoms with Gasteiger partial charge in [0, 0.05) is 23.6 Å². The summed E-state index contributed by atoms with van der Waals surface area (Å²) in [5.74, 6) is -1.13. The van der Waals surface area contributed by atoms with Crippen LogP contribution in [0, 0.1) is 0 Å². The minimum Gasteiger partial charge on any atom is -0.361 e. The number of aromatic nitrogens is 1. The van der Waals surface area contributed by atoms with Crippen LogP contribution < -0.4 is 10.2 Å². The lowest BCUT2D eigenvalue weighted by atomic mass is 10.1. The highest BCUT2D eigenvalue weighted by Crippen LogP contribution is 2.37. The summed E-state index contributed by atoms with van der Waals surface area (Å²) in [6.07, 6.45) is -2.28. The second-order valence-corrected chi connectivity index (χ2v) is 7.46. The fourth-order valence-corrected chi connectivity index (χ4v) is 3.88. The zero-order valence-electron chi connectivity index (χ0n) is 15.6. The van der Waals surface area contributed by atoms with Crippen LogP contribution in [0.5, 0.6) is 0 Å². The number of H-pyrrole nitrogens is 1. The van der Waals surface area contributed by atoms with Gasteiger partial charge < -0.3 is 10.3 Å². The van der Waals surface area contributed by atoms with Gasteiger partial charge in [0.2, 0.25) is 5.91 Å². The molecule has 0 spiro atoms. The molecule has 30 heavy (non-hydrogen) atoms.